The molecule has 1 rings (SSSR count). The molecule has 0 saturated heterocycles. The Morgan fingerprint density at radius 2 is 1.52 bits per heavy atom. The van der Waals surface area contributed by atoms with Crippen molar-refractivity contribution in [2.75, 3.05) is 0 Å². The number of allylic oxidation sites excluding steroid dienone is 1. The third-order valence-electron chi connectivity index (χ3n) is 4.70. The Labute approximate surface area is 143 Å². The molecule has 23 heavy (non-hydrogen) atoms. The summed E-state index contributed by atoms with van der Waals surface area (Å²) < 4.78 is 5.47. The summed E-state index contributed by atoms with van der Waals surface area (Å²) in [4.78, 5) is 0. The number of aliphatic hydroxyl groups is 2. The van der Waals surface area contributed by atoms with Crippen molar-refractivity contribution in [3.63, 3.8) is 0 Å². The van der Waals surface area contributed by atoms with Crippen LogP contribution in [0.3, 0.4) is 0 Å². The van der Waals surface area contributed by atoms with Gasteiger partial charge >= 0.3 is 0 Å². The van der Waals surface area contributed by atoms with E-state index in [2.05, 4.69) is 6.92 Å². The van der Waals surface area contributed by atoms with Crippen molar-refractivity contribution in [2.24, 2.45) is 0 Å². The molecule has 0 fully saturated rings. The van der Waals surface area contributed by atoms with Crippen molar-refractivity contribution >= 4 is 0 Å². The molecule has 0 aromatic heterocycles. The van der Waals surface area contributed by atoms with Crippen LogP contribution in [0.1, 0.15) is 103 Å². The van der Waals surface area contributed by atoms with Gasteiger partial charge in [0.05, 0.1) is 6.10 Å². The zero-order valence-electron chi connectivity index (χ0n) is 15.1. The number of hydrogen-bond donors (Lipinski definition) is 2. The van der Waals surface area contributed by atoms with Crippen molar-refractivity contribution in [2.45, 2.75) is 115 Å². The van der Waals surface area contributed by atoms with Gasteiger partial charge < -0.3 is 14.9 Å². The van der Waals surface area contributed by atoms with E-state index >= 15 is 0 Å². The molecule has 2 N–H and O–H groups in total. The van der Waals surface area contributed by atoms with Crippen molar-refractivity contribution in [3.8, 4) is 0 Å². The lowest BCUT2D eigenvalue weighted by Crippen LogP contribution is -2.34. The van der Waals surface area contributed by atoms with Gasteiger partial charge in [-0.1, -0.05) is 83.6 Å². The number of hydrogen-bond acceptors (Lipinski definition) is 3. The summed E-state index contributed by atoms with van der Waals surface area (Å²) >= 11 is 0. The first kappa shape index (κ1) is 20.7. The van der Waals surface area contributed by atoms with E-state index < -0.39 is 5.97 Å². The van der Waals surface area contributed by atoms with Crippen LogP contribution < -0.4 is 0 Å². The standard InChI is InChI=1S/C20H38O3/c1-2-3-4-5-6-7-8-9-10-13-16-19-17-14-11-12-15-18-20(21,22)23-19/h15,18-19,21-22H,2-14,16-17H2,1H3/b18-15+/t19-/m1/s1. The van der Waals surface area contributed by atoms with Gasteiger partial charge in [0.15, 0.2) is 0 Å². The lowest BCUT2D eigenvalue weighted by molar-refractivity contribution is -0.322. The average molecular weight is 327 g/mol. The van der Waals surface area contributed by atoms with Gasteiger partial charge in [-0.2, -0.15) is 0 Å². The van der Waals surface area contributed by atoms with E-state index in [0.717, 1.165) is 38.5 Å². The summed E-state index contributed by atoms with van der Waals surface area (Å²) in [6, 6.07) is 0. The van der Waals surface area contributed by atoms with Crippen LogP contribution in [0.15, 0.2) is 12.2 Å². The quantitative estimate of drug-likeness (QED) is 0.301. The smallest absolute Gasteiger partial charge is 0.299 e. The van der Waals surface area contributed by atoms with Crippen LogP contribution in [0.5, 0.6) is 0 Å². The van der Waals surface area contributed by atoms with Crippen LogP contribution >= 0.6 is 0 Å². The molecule has 1 heterocycles. The van der Waals surface area contributed by atoms with Gasteiger partial charge in [-0.05, 0) is 25.7 Å². The highest BCUT2D eigenvalue weighted by Gasteiger charge is 2.25. The molecule has 0 aromatic carbocycles. The molecule has 1 atom stereocenters. The molecule has 1 aliphatic rings. The number of ether oxygens (including phenoxy) is 1. The number of unbranched alkanes of at least 4 members (excludes halogenated alkanes) is 9. The minimum atomic E-state index is -2.08. The second-order valence-electron chi connectivity index (χ2n) is 7.06. The Kier molecular flexibility index (Phi) is 11.7. The molecular weight excluding hydrogens is 288 g/mol. The van der Waals surface area contributed by atoms with Gasteiger partial charge in [-0.3, -0.25) is 0 Å². The van der Waals surface area contributed by atoms with E-state index in [1.807, 2.05) is 6.08 Å². The fourth-order valence-electron chi connectivity index (χ4n) is 3.28. The summed E-state index contributed by atoms with van der Waals surface area (Å²) in [5, 5.41) is 19.6. The molecule has 0 saturated carbocycles. The molecule has 136 valence electrons. The van der Waals surface area contributed by atoms with Gasteiger partial charge in [-0.15, -0.1) is 0 Å². The van der Waals surface area contributed by atoms with E-state index in [1.54, 1.807) is 0 Å². The number of rotatable bonds is 11. The summed E-state index contributed by atoms with van der Waals surface area (Å²) in [7, 11) is 0. The summed E-state index contributed by atoms with van der Waals surface area (Å²) in [6.07, 6.45) is 21.4. The Bertz CT molecular complexity index is 299. The Balaban J connectivity index is 2.04. The van der Waals surface area contributed by atoms with Gasteiger partial charge in [0.1, 0.15) is 0 Å². The predicted octanol–water partition coefficient (Wildman–Crippen LogP) is 5.45. The lowest BCUT2D eigenvalue weighted by Gasteiger charge is -2.25. The Morgan fingerprint density at radius 1 is 0.913 bits per heavy atom. The van der Waals surface area contributed by atoms with E-state index in [4.69, 9.17) is 4.74 Å². The highest BCUT2D eigenvalue weighted by molar-refractivity contribution is 4.90. The highest BCUT2D eigenvalue weighted by atomic mass is 16.8. The maximum absolute atomic E-state index is 9.78. The van der Waals surface area contributed by atoms with Crippen LogP contribution in [-0.4, -0.2) is 22.3 Å². The average Bonchev–Trinajstić information content (AvgIpc) is 2.59. The van der Waals surface area contributed by atoms with E-state index in [9.17, 15) is 10.2 Å². The molecule has 0 bridgehead atoms. The van der Waals surface area contributed by atoms with Crippen LogP contribution in [0.2, 0.25) is 0 Å². The minimum absolute atomic E-state index is 0.0261. The minimum Gasteiger partial charge on any atom is -0.340 e. The summed E-state index contributed by atoms with van der Waals surface area (Å²) in [5.41, 5.74) is 0. The van der Waals surface area contributed by atoms with Crippen LogP contribution in [-0.2, 0) is 4.74 Å². The maximum Gasteiger partial charge on any atom is 0.299 e. The van der Waals surface area contributed by atoms with Crippen LogP contribution in [0.4, 0.5) is 0 Å². The second-order valence-corrected chi connectivity index (χ2v) is 7.06. The first-order chi connectivity index (χ1) is 11.1. The maximum atomic E-state index is 9.78. The molecule has 3 heteroatoms. The molecule has 0 spiro atoms. The van der Waals surface area contributed by atoms with Crippen LogP contribution in [0.25, 0.3) is 0 Å². The lowest BCUT2D eigenvalue weighted by atomic mass is 10.0. The van der Waals surface area contributed by atoms with Gasteiger partial charge in [0.25, 0.3) is 5.97 Å². The Hall–Kier alpha value is -0.380. The monoisotopic (exact) mass is 326 g/mol. The third kappa shape index (κ3) is 11.7. The zero-order valence-corrected chi connectivity index (χ0v) is 15.1. The van der Waals surface area contributed by atoms with Crippen LogP contribution in [0, 0.1) is 0 Å². The molecular formula is C20H38O3. The molecule has 3 nitrogen and oxygen atoms in total. The largest absolute Gasteiger partial charge is 0.340 e. The van der Waals surface area contributed by atoms with Gasteiger partial charge in [0.2, 0.25) is 0 Å². The first-order valence-electron chi connectivity index (χ1n) is 9.94. The molecule has 1 aliphatic heterocycles. The second kappa shape index (κ2) is 13.0. The molecule has 0 amide bonds. The molecule has 0 aromatic rings. The Morgan fingerprint density at radius 3 is 2.17 bits per heavy atom. The van der Waals surface area contributed by atoms with Gasteiger partial charge in [0, 0.05) is 6.08 Å². The highest BCUT2D eigenvalue weighted by Crippen LogP contribution is 2.22. The van der Waals surface area contributed by atoms with Crippen molar-refractivity contribution in [3.05, 3.63) is 12.2 Å². The summed E-state index contributed by atoms with van der Waals surface area (Å²) in [5.74, 6) is -2.08. The predicted molar refractivity (Wildman–Crippen MR) is 96.1 cm³/mol. The fraction of sp³-hybridized carbons (Fsp3) is 0.900. The van der Waals surface area contributed by atoms with E-state index in [-0.39, 0.29) is 6.10 Å². The topological polar surface area (TPSA) is 49.7 Å². The molecule has 0 radical (unpaired) electrons. The van der Waals surface area contributed by atoms with Crippen molar-refractivity contribution in [1.29, 1.82) is 0 Å². The third-order valence-corrected chi connectivity index (χ3v) is 4.70. The zero-order chi connectivity index (χ0) is 16.8. The fourth-order valence-corrected chi connectivity index (χ4v) is 3.28. The molecule has 0 aliphatic carbocycles. The summed E-state index contributed by atoms with van der Waals surface area (Å²) in [6.45, 7) is 2.26. The normalized spacial score (nSPS) is 23.0. The van der Waals surface area contributed by atoms with E-state index in [0.29, 0.717) is 0 Å². The molecule has 0 unspecified atom stereocenters. The van der Waals surface area contributed by atoms with E-state index in [1.165, 1.54) is 63.9 Å². The first-order valence-corrected chi connectivity index (χ1v) is 9.94. The van der Waals surface area contributed by atoms with Gasteiger partial charge in [-0.25, -0.2) is 0 Å². The SMILES string of the molecule is CCCCCCCCCCCC[C@@H]1CCCC/C=C/C(O)(O)O1. The van der Waals surface area contributed by atoms with Crippen molar-refractivity contribution in [1.82, 2.24) is 0 Å². The van der Waals surface area contributed by atoms with Crippen molar-refractivity contribution < 1.29 is 14.9 Å².